The van der Waals surface area contributed by atoms with E-state index in [0.717, 1.165) is 35.5 Å². The van der Waals surface area contributed by atoms with E-state index in [1.807, 2.05) is 62.1 Å². The van der Waals surface area contributed by atoms with Crippen molar-refractivity contribution in [2.24, 2.45) is 0 Å². The molecule has 0 spiro atoms. The first-order valence-corrected chi connectivity index (χ1v) is 12.4. The highest BCUT2D eigenvalue weighted by molar-refractivity contribution is 6.53. The number of rotatable bonds is 3. The lowest BCUT2D eigenvalue weighted by atomic mass is 9.87. The van der Waals surface area contributed by atoms with Crippen LogP contribution in [0.25, 0.3) is 5.57 Å². The van der Waals surface area contributed by atoms with Crippen LogP contribution in [-0.4, -0.2) is 78.4 Å². The Morgan fingerprint density at radius 2 is 1.75 bits per heavy atom. The number of ether oxygens (including phenoxy) is 2. The third kappa shape index (κ3) is 3.51. The van der Waals surface area contributed by atoms with Crippen molar-refractivity contribution in [2.75, 3.05) is 44.2 Å². The predicted octanol–water partition coefficient (Wildman–Crippen LogP) is 2.68. The maximum atomic E-state index is 13.1. The summed E-state index contributed by atoms with van der Waals surface area (Å²) in [6.45, 7) is 9.38. The largest absolute Gasteiger partial charge is 0.485 e. The molecular formula is C28H29N3O5. The van der Waals surface area contributed by atoms with Gasteiger partial charge >= 0.3 is 0 Å². The van der Waals surface area contributed by atoms with E-state index in [4.69, 9.17) is 9.47 Å². The number of para-hydroxylation sites is 2. The minimum absolute atomic E-state index is 0.0498. The highest BCUT2D eigenvalue weighted by Gasteiger charge is 2.47. The summed E-state index contributed by atoms with van der Waals surface area (Å²) in [6.07, 6.45) is 1.47. The molecule has 1 fully saturated rings. The van der Waals surface area contributed by atoms with Crippen LogP contribution in [0.15, 0.2) is 42.5 Å². The van der Waals surface area contributed by atoms with Gasteiger partial charge in [-0.25, -0.2) is 0 Å². The van der Waals surface area contributed by atoms with E-state index in [-0.39, 0.29) is 12.5 Å². The number of nitrogens with zero attached hydrogens (tertiary/aromatic N) is 3. The molecule has 4 heterocycles. The molecular weight excluding hydrogens is 458 g/mol. The van der Waals surface area contributed by atoms with Gasteiger partial charge in [0.25, 0.3) is 17.6 Å². The van der Waals surface area contributed by atoms with Gasteiger partial charge in [-0.1, -0.05) is 30.3 Å². The average Bonchev–Trinajstić information content (AvgIpc) is 3.15. The molecule has 1 unspecified atom stereocenters. The topological polar surface area (TPSA) is 79.4 Å². The Hall–Kier alpha value is -3.65. The van der Waals surface area contributed by atoms with Gasteiger partial charge < -0.3 is 14.4 Å². The SMILES string of the molecule is Cc1ccc2c3c1C(=O)C(=O)N3C(C)(C)C=C2CN1CCN(C(=O)C2COc3ccccc3O2)CC1. The first kappa shape index (κ1) is 22.8. The highest BCUT2D eigenvalue weighted by Crippen LogP contribution is 2.46. The fourth-order valence-electron chi connectivity index (χ4n) is 5.74. The van der Waals surface area contributed by atoms with E-state index in [2.05, 4.69) is 11.0 Å². The molecule has 2 aromatic carbocycles. The Morgan fingerprint density at radius 1 is 1.03 bits per heavy atom. The van der Waals surface area contributed by atoms with Crippen LogP contribution < -0.4 is 14.4 Å². The number of hydrogen-bond donors (Lipinski definition) is 0. The molecule has 0 bridgehead atoms. The molecule has 0 aliphatic carbocycles. The molecule has 4 aliphatic rings. The van der Waals surface area contributed by atoms with Crippen LogP contribution in [0, 0.1) is 6.92 Å². The van der Waals surface area contributed by atoms with Crippen molar-refractivity contribution >= 4 is 28.9 Å². The van der Waals surface area contributed by atoms with Gasteiger partial charge in [-0.05, 0) is 44.0 Å². The summed E-state index contributed by atoms with van der Waals surface area (Å²) in [5.41, 5.74) is 3.56. The van der Waals surface area contributed by atoms with Gasteiger partial charge in [0, 0.05) is 38.3 Å². The summed E-state index contributed by atoms with van der Waals surface area (Å²) in [6, 6.07) is 11.3. The molecule has 2 aromatic rings. The Bertz CT molecular complexity index is 1320. The van der Waals surface area contributed by atoms with Crippen LogP contribution >= 0.6 is 0 Å². The Morgan fingerprint density at radius 3 is 2.50 bits per heavy atom. The smallest absolute Gasteiger partial charge is 0.300 e. The molecule has 4 aliphatic heterocycles. The standard InChI is InChI=1S/C28H29N3O5/c1-17-8-9-19-18(14-28(2,3)31-24(19)23(17)25(32)27(31)34)15-29-10-12-30(13-11-29)26(33)22-16-35-20-6-4-5-7-21(20)36-22/h4-9,14,22H,10-13,15-16H2,1-3H3. The zero-order chi connectivity index (χ0) is 25.2. The molecule has 8 nitrogen and oxygen atoms in total. The Labute approximate surface area is 210 Å². The van der Waals surface area contributed by atoms with E-state index in [9.17, 15) is 14.4 Å². The van der Waals surface area contributed by atoms with E-state index < -0.39 is 23.3 Å². The Balaban J connectivity index is 1.15. The lowest BCUT2D eigenvalue weighted by Crippen LogP contribution is -2.54. The average molecular weight is 488 g/mol. The summed E-state index contributed by atoms with van der Waals surface area (Å²) >= 11 is 0. The van der Waals surface area contributed by atoms with Gasteiger partial charge in [-0.15, -0.1) is 0 Å². The zero-order valence-corrected chi connectivity index (χ0v) is 20.7. The van der Waals surface area contributed by atoms with E-state index in [0.29, 0.717) is 36.7 Å². The third-order valence-corrected chi connectivity index (χ3v) is 7.55. The number of anilines is 1. The van der Waals surface area contributed by atoms with Gasteiger partial charge in [0.2, 0.25) is 6.10 Å². The number of benzene rings is 2. The first-order valence-electron chi connectivity index (χ1n) is 12.4. The van der Waals surface area contributed by atoms with Crippen molar-refractivity contribution in [3.63, 3.8) is 0 Å². The number of carbonyl (C=O) groups is 3. The van der Waals surface area contributed by atoms with E-state index >= 15 is 0 Å². The van der Waals surface area contributed by atoms with Gasteiger partial charge in [0.05, 0.1) is 16.8 Å². The van der Waals surface area contributed by atoms with E-state index in [1.54, 1.807) is 4.90 Å². The molecule has 1 saturated heterocycles. The van der Waals surface area contributed by atoms with Crippen LogP contribution in [0.3, 0.4) is 0 Å². The second kappa shape index (κ2) is 8.20. The quantitative estimate of drug-likeness (QED) is 0.620. The van der Waals surface area contributed by atoms with Gasteiger partial charge in [-0.2, -0.15) is 0 Å². The molecule has 0 N–H and O–H groups in total. The van der Waals surface area contributed by atoms with Crippen LogP contribution in [0.1, 0.15) is 35.3 Å². The highest BCUT2D eigenvalue weighted by atomic mass is 16.6. The van der Waals surface area contributed by atoms with Crippen molar-refractivity contribution < 1.29 is 23.9 Å². The number of ketones is 1. The molecule has 36 heavy (non-hydrogen) atoms. The number of carbonyl (C=O) groups excluding carboxylic acids is 3. The molecule has 8 heteroatoms. The summed E-state index contributed by atoms with van der Waals surface area (Å²) in [5.74, 6) is 0.343. The Kier molecular flexibility index (Phi) is 5.19. The van der Waals surface area contributed by atoms with E-state index in [1.165, 1.54) is 0 Å². The lowest BCUT2D eigenvalue weighted by Gasteiger charge is -2.41. The molecule has 2 amide bonds. The van der Waals surface area contributed by atoms with Crippen molar-refractivity contribution in [3.05, 3.63) is 59.2 Å². The third-order valence-electron chi connectivity index (χ3n) is 7.55. The molecule has 0 saturated carbocycles. The molecule has 0 radical (unpaired) electrons. The lowest BCUT2D eigenvalue weighted by molar-refractivity contribution is -0.142. The van der Waals surface area contributed by atoms with Crippen molar-refractivity contribution in [2.45, 2.75) is 32.4 Å². The first-order chi connectivity index (χ1) is 17.2. The summed E-state index contributed by atoms with van der Waals surface area (Å²) in [5, 5.41) is 0. The van der Waals surface area contributed by atoms with Crippen molar-refractivity contribution in [1.29, 1.82) is 0 Å². The molecule has 0 aromatic heterocycles. The van der Waals surface area contributed by atoms with Gasteiger partial charge in [0.15, 0.2) is 11.5 Å². The number of aryl methyl sites for hydroxylation is 1. The monoisotopic (exact) mass is 487 g/mol. The summed E-state index contributed by atoms with van der Waals surface area (Å²) in [4.78, 5) is 44.5. The fraction of sp³-hybridized carbons (Fsp3) is 0.393. The number of hydrogen-bond acceptors (Lipinski definition) is 6. The fourth-order valence-corrected chi connectivity index (χ4v) is 5.74. The number of Topliss-reactive ketones (excluding diaryl/α,β-unsaturated/α-hetero) is 1. The van der Waals surface area contributed by atoms with Gasteiger partial charge in [-0.3, -0.25) is 24.2 Å². The number of fused-ring (bicyclic) bond motifs is 1. The molecule has 6 rings (SSSR count). The van der Waals surface area contributed by atoms with Crippen LogP contribution in [0.2, 0.25) is 0 Å². The van der Waals surface area contributed by atoms with Gasteiger partial charge in [0.1, 0.15) is 6.61 Å². The second-order valence-corrected chi connectivity index (χ2v) is 10.4. The summed E-state index contributed by atoms with van der Waals surface area (Å²) < 4.78 is 11.6. The predicted molar refractivity (Wildman–Crippen MR) is 134 cm³/mol. The van der Waals surface area contributed by atoms with Crippen molar-refractivity contribution in [1.82, 2.24) is 9.80 Å². The van der Waals surface area contributed by atoms with Crippen LogP contribution in [0.4, 0.5) is 5.69 Å². The minimum Gasteiger partial charge on any atom is -0.485 e. The number of amides is 2. The maximum absolute atomic E-state index is 13.1. The normalized spacial score (nSPS) is 22.4. The summed E-state index contributed by atoms with van der Waals surface area (Å²) in [7, 11) is 0. The molecule has 186 valence electrons. The molecule has 1 atom stereocenters. The maximum Gasteiger partial charge on any atom is 0.300 e. The minimum atomic E-state index is -0.635. The number of piperazine rings is 1. The van der Waals surface area contributed by atoms with Crippen molar-refractivity contribution in [3.8, 4) is 11.5 Å². The van der Waals surface area contributed by atoms with Crippen LogP contribution in [0.5, 0.6) is 11.5 Å². The second-order valence-electron chi connectivity index (χ2n) is 10.4. The van der Waals surface area contributed by atoms with Crippen LogP contribution in [-0.2, 0) is 9.59 Å². The zero-order valence-electron chi connectivity index (χ0n) is 20.7.